The molecule has 0 fully saturated rings. The molecule has 0 radical (unpaired) electrons. The highest BCUT2D eigenvalue weighted by molar-refractivity contribution is 7.98. The largest absolute Gasteiger partial charge is 0.490 e. The number of aromatic nitrogens is 2. The van der Waals surface area contributed by atoms with Crippen molar-refractivity contribution < 1.29 is 19.0 Å². The minimum absolute atomic E-state index is 0.258. The summed E-state index contributed by atoms with van der Waals surface area (Å²) in [7, 11) is 0. The molecule has 1 aliphatic rings. The number of benzene rings is 2. The molecule has 3 aromatic rings. The topological polar surface area (TPSA) is 74.6 Å². The first-order chi connectivity index (χ1) is 15.7. The highest BCUT2D eigenvalue weighted by Crippen LogP contribution is 2.40. The number of thioether (sulfide) groups is 1. The fourth-order valence-electron chi connectivity index (χ4n) is 3.60. The van der Waals surface area contributed by atoms with Gasteiger partial charge in [-0.15, -0.1) is 0 Å². The van der Waals surface area contributed by atoms with Crippen molar-refractivity contribution in [3.8, 4) is 22.9 Å². The molecule has 4 rings (SSSR count). The molecule has 1 aliphatic heterocycles. The number of nitrogens with zero attached hydrogens (tertiary/aromatic N) is 2. The van der Waals surface area contributed by atoms with Crippen LogP contribution in [0.15, 0.2) is 42.5 Å². The summed E-state index contributed by atoms with van der Waals surface area (Å²) in [6.07, 6.45) is 0. The number of carbonyl (C=O) groups is 1. The number of anilines is 1. The summed E-state index contributed by atoms with van der Waals surface area (Å²) in [6, 6.07) is 13.2. The quantitative estimate of drug-likeness (QED) is 0.488. The number of hydrogen-bond acceptors (Lipinski definition) is 6. The Hall–Kier alpha value is -3.13. The van der Waals surface area contributed by atoms with E-state index in [-0.39, 0.29) is 5.91 Å². The van der Waals surface area contributed by atoms with Crippen LogP contribution in [0.4, 0.5) is 5.82 Å². The fourth-order valence-corrected chi connectivity index (χ4v) is 4.63. The van der Waals surface area contributed by atoms with Crippen molar-refractivity contribution in [1.29, 1.82) is 0 Å². The van der Waals surface area contributed by atoms with E-state index in [2.05, 4.69) is 5.32 Å². The van der Waals surface area contributed by atoms with Crippen LogP contribution in [-0.2, 0) is 11.5 Å². The van der Waals surface area contributed by atoms with E-state index in [1.54, 1.807) is 23.9 Å². The molecule has 0 atom stereocenters. The van der Waals surface area contributed by atoms with E-state index in [0.29, 0.717) is 48.5 Å². The lowest BCUT2D eigenvalue weighted by Gasteiger charge is -2.17. The van der Waals surface area contributed by atoms with Gasteiger partial charge in [0.05, 0.1) is 31.2 Å². The number of amides is 1. The number of fused-ring (bicyclic) bond motifs is 1. The number of carbonyl (C=O) groups excluding carboxylic acids is 1. The molecule has 0 aliphatic carbocycles. The lowest BCUT2D eigenvalue weighted by Crippen LogP contribution is -2.17. The van der Waals surface area contributed by atoms with Gasteiger partial charge in [-0.25, -0.2) is 4.68 Å². The molecule has 7 nitrogen and oxygen atoms in total. The SMILES string of the molecule is CCOc1cc(C(=O)Nc2c3c(nn2-c2ccccc2)CSC3)cc(OCC)c1OCC. The van der Waals surface area contributed by atoms with E-state index in [1.807, 2.05) is 55.8 Å². The van der Waals surface area contributed by atoms with Crippen LogP contribution in [0.2, 0.25) is 0 Å². The molecule has 1 amide bonds. The maximum absolute atomic E-state index is 13.4. The molecule has 2 heterocycles. The number of ether oxygens (including phenoxy) is 3. The van der Waals surface area contributed by atoms with E-state index < -0.39 is 0 Å². The average Bonchev–Trinajstić information content (AvgIpc) is 3.39. The Morgan fingerprint density at radius 1 is 1.00 bits per heavy atom. The maximum atomic E-state index is 13.4. The van der Waals surface area contributed by atoms with Gasteiger partial charge < -0.3 is 19.5 Å². The Morgan fingerprint density at radius 3 is 2.28 bits per heavy atom. The Morgan fingerprint density at radius 2 is 1.66 bits per heavy atom. The van der Waals surface area contributed by atoms with Crippen LogP contribution < -0.4 is 19.5 Å². The van der Waals surface area contributed by atoms with E-state index in [0.717, 1.165) is 28.5 Å². The second kappa shape index (κ2) is 9.99. The molecule has 0 saturated carbocycles. The van der Waals surface area contributed by atoms with E-state index in [9.17, 15) is 4.79 Å². The number of rotatable bonds is 9. The first-order valence-electron chi connectivity index (χ1n) is 10.8. The molecule has 1 aromatic heterocycles. The minimum atomic E-state index is -0.258. The third kappa shape index (κ3) is 4.41. The van der Waals surface area contributed by atoms with Crippen LogP contribution in [-0.4, -0.2) is 35.5 Å². The Balaban J connectivity index is 1.72. The summed E-state index contributed by atoms with van der Waals surface area (Å²) in [5, 5.41) is 7.84. The van der Waals surface area contributed by atoms with Crippen molar-refractivity contribution in [3.05, 3.63) is 59.3 Å². The molecule has 0 unspecified atom stereocenters. The van der Waals surface area contributed by atoms with Crippen molar-refractivity contribution in [3.63, 3.8) is 0 Å². The number of para-hydroxylation sites is 1. The Labute approximate surface area is 192 Å². The van der Waals surface area contributed by atoms with Crippen LogP contribution in [0, 0.1) is 0 Å². The summed E-state index contributed by atoms with van der Waals surface area (Å²) < 4.78 is 19.1. The molecule has 0 saturated heterocycles. The first-order valence-corrected chi connectivity index (χ1v) is 11.9. The molecule has 8 heteroatoms. The Kier molecular flexibility index (Phi) is 6.90. The van der Waals surface area contributed by atoms with Crippen molar-refractivity contribution in [2.45, 2.75) is 32.3 Å². The maximum Gasteiger partial charge on any atom is 0.257 e. The zero-order valence-electron chi connectivity index (χ0n) is 18.5. The number of nitrogens with one attached hydrogen (secondary N) is 1. The van der Waals surface area contributed by atoms with E-state index in [1.165, 1.54) is 0 Å². The van der Waals surface area contributed by atoms with Gasteiger partial charge in [0.2, 0.25) is 5.75 Å². The highest BCUT2D eigenvalue weighted by Gasteiger charge is 2.26. The van der Waals surface area contributed by atoms with Crippen LogP contribution in [0.3, 0.4) is 0 Å². The van der Waals surface area contributed by atoms with Gasteiger partial charge in [-0.2, -0.15) is 16.9 Å². The van der Waals surface area contributed by atoms with Gasteiger partial charge in [0.1, 0.15) is 5.82 Å². The van der Waals surface area contributed by atoms with Gasteiger partial charge in [-0.05, 0) is 45.0 Å². The summed E-state index contributed by atoms with van der Waals surface area (Å²) in [5.74, 6) is 3.59. The molecule has 0 spiro atoms. The van der Waals surface area contributed by atoms with Crippen LogP contribution in [0.1, 0.15) is 42.4 Å². The third-order valence-electron chi connectivity index (χ3n) is 4.96. The van der Waals surface area contributed by atoms with E-state index >= 15 is 0 Å². The smallest absolute Gasteiger partial charge is 0.257 e. The second-order valence-corrected chi connectivity index (χ2v) is 8.05. The van der Waals surface area contributed by atoms with Crippen LogP contribution in [0.5, 0.6) is 17.2 Å². The summed E-state index contributed by atoms with van der Waals surface area (Å²) >= 11 is 1.79. The van der Waals surface area contributed by atoms with Crippen LogP contribution >= 0.6 is 11.8 Å². The van der Waals surface area contributed by atoms with Crippen molar-refractivity contribution >= 4 is 23.5 Å². The molecular weight excluding hydrogens is 426 g/mol. The standard InChI is InChI=1S/C24H27N3O4S/c1-4-29-20-12-16(13-21(30-5-2)22(20)31-6-3)24(28)25-23-18-14-32-15-19(18)26-27(23)17-10-8-7-9-11-17/h7-13H,4-6,14-15H2,1-3H3,(H,25,28). The normalized spacial score (nSPS) is 12.3. The molecular formula is C24H27N3O4S. The van der Waals surface area contributed by atoms with Crippen molar-refractivity contribution in [2.24, 2.45) is 0 Å². The molecule has 168 valence electrons. The van der Waals surface area contributed by atoms with Gasteiger partial charge in [0.25, 0.3) is 5.91 Å². The fraction of sp³-hybridized carbons (Fsp3) is 0.333. The minimum Gasteiger partial charge on any atom is -0.490 e. The Bertz CT molecular complexity index is 1070. The predicted molar refractivity (Wildman–Crippen MR) is 126 cm³/mol. The molecule has 1 N–H and O–H groups in total. The van der Waals surface area contributed by atoms with Gasteiger partial charge in [-0.1, -0.05) is 18.2 Å². The highest BCUT2D eigenvalue weighted by atomic mass is 32.2. The van der Waals surface area contributed by atoms with Gasteiger partial charge in [0.15, 0.2) is 11.5 Å². The average molecular weight is 454 g/mol. The van der Waals surface area contributed by atoms with Gasteiger partial charge in [0, 0.05) is 22.6 Å². The zero-order chi connectivity index (χ0) is 22.5. The molecule has 32 heavy (non-hydrogen) atoms. The van der Waals surface area contributed by atoms with E-state index in [4.69, 9.17) is 19.3 Å². The summed E-state index contributed by atoms with van der Waals surface area (Å²) in [4.78, 5) is 13.4. The second-order valence-electron chi connectivity index (χ2n) is 7.07. The summed E-state index contributed by atoms with van der Waals surface area (Å²) in [5.41, 5.74) is 3.40. The summed E-state index contributed by atoms with van der Waals surface area (Å²) in [6.45, 7) is 7.04. The van der Waals surface area contributed by atoms with Crippen molar-refractivity contribution in [1.82, 2.24) is 9.78 Å². The lowest BCUT2D eigenvalue weighted by molar-refractivity contribution is 0.102. The monoisotopic (exact) mass is 453 g/mol. The predicted octanol–water partition coefficient (Wildman–Crippen LogP) is 5.07. The van der Waals surface area contributed by atoms with Crippen LogP contribution in [0.25, 0.3) is 5.69 Å². The molecule has 2 aromatic carbocycles. The van der Waals surface area contributed by atoms with Gasteiger partial charge in [-0.3, -0.25) is 4.79 Å². The molecule has 0 bridgehead atoms. The third-order valence-corrected chi connectivity index (χ3v) is 5.93. The van der Waals surface area contributed by atoms with Gasteiger partial charge >= 0.3 is 0 Å². The first kappa shape index (κ1) is 22.1. The number of hydrogen-bond donors (Lipinski definition) is 1. The zero-order valence-corrected chi connectivity index (χ0v) is 19.3. The van der Waals surface area contributed by atoms with Crippen molar-refractivity contribution in [2.75, 3.05) is 25.1 Å². The lowest BCUT2D eigenvalue weighted by atomic mass is 10.1.